The summed E-state index contributed by atoms with van der Waals surface area (Å²) in [4.78, 5) is 115. The number of esters is 4. The second-order valence-electron chi connectivity index (χ2n) is 16.2. The molecule has 1 aliphatic heterocycles. The van der Waals surface area contributed by atoms with E-state index in [1.54, 1.807) is 0 Å². The Morgan fingerprint density at radius 3 is 0.650 bits per heavy atom. The summed E-state index contributed by atoms with van der Waals surface area (Å²) in [6.07, 6.45) is 3.70. The summed E-state index contributed by atoms with van der Waals surface area (Å²) in [6.45, 7) is 13.7. The fourth-order valence-electron chi connectivity index (χ4n) is 6.51. The maximum absolute atomic E-state index is 14.0. The van der Waals surface area contributed by atoms with E-state index in [2.05, 4.69) is 0 Å². The van der Waals surface area contributed by atoms with Crippen LogP contribution in [0.4, 0.5) is 0 Å². The molecule has 1 heterocycles. The van der Waals surface area contributed by atoms with E-state index < -0.39 is 96.1 Å². The Morgan fingerprint density at radius 1 is 0.333 bits per heavy atom. The quantitative estimate of drug-likeness (QED) is 0.110. The average molecular weight is 853 g/mol. The Labute approximate surface area is 358 Å². The van der Waals surface area contributed by atoms with Gasteiger partial charge in [0, 0.05) is 28.2 Å². The van der Waals surface area contributed by atoms with Gasteiger partial charge in [-0.2, -0.15) is 0 Å². The Hall–Kier alpha value is -4.24. The molecule has 0 spiro atoms. The lowest BCUT2D eigenvalue weighted by Crippen LogP contribution is -2.53. The van der Waals surface area contributed by atoms with E-state index in [-0.39, 0.29) is 25.7 Å². The Morgan fingerprint density at radius 2 is 0.500 bits per heavy atom. The first-order valence-corrected chi connectivity index (χ1v) is 22.2. The lowest BCUT2D eigenvalue weighted by atomic mass is 10.1. The minimum Gasteiger partial charge on any atom is -0.451 e. The zero-order valence-electron chi connectivity index (χ0n) is 38.6. The van der Waals surface area contributed by atoms with Crippen LogP contribution in [0.25, 0.3) is 0 Å². The van der Waals surface area contributed by atoms with Crippen molar-refractivity contribution in [2.75, 3.05) is 28.2 Å². The van der Waals surface area contributed by atoms with E-state index in [4.69, 9.17) is 18.9 Å². The zero-order chi connectivity index (χ0) is 45.7. The number of hydrogen-bond donors (Lipinski definition) is 0. The lowest BCUT2D eigenvalue weighted by molar-refractivity contribution is -0.176. The molecule has 2 unspecified atom stereocenters. The van der Waals surface area contributed by atoms with Gasteiger partial charge >= 0.3 is 23.9 Å². The summed E-state index contributed by atoms with van der Waals surface area (Å²) in [7, 11) is 5.51. The molecule has 0 aromatic heterocycles. The molecule has 344 valence electrons. The molecule has 0 aromatic carbocycles. The van der Waals surface area contributed by atoms with Crippen molar-refractivity contribution in [2.24, 2.45) is 0 Å². The van der Waals surface area contributed by atoms with E-state index in [0.717, 1.165) is 71.0 Å². The van der Waals surface area contributed by atoms with Gasteiger partial charge in [-0.3, -0.25) is 19.2 Å². The smallest absolute Gasteiger partial charge is 0.329 e. The van der Waals surface area contributed by atoms with E-state index in [1.807, 2.05) is 27.7 Å². The normalized spacial score (nSPS) is 26.7. The minimum absolute atomic E-state index is 0.145. The molecule has 8 atom stereocenters. The molecule has 1 fully saturated rings. The van der Waals surface area contributed by atoms with Gasteiger partial charge in [0.05, 0.1) is 0 Å². The van der Waals surface area contributed by atoms with Crippen LogP contribution in [-0.2, 0) is 57.3 Å². The van der Waals surface area contributed by atoms with Gasteiger partial charge in [0.2, 0.25) is 0 Å². The highest BCUT2D eigenvalue weighted by molar-refractivity contribution is 5.94. The highest BCUT2D eigenvalue weighted by Crippen LogP contribution is 2.21. The molecular formula is C44H76N4O12. The molecule has 1 aliphatic rings. The summed E-state index contributed by atoms with van der Waals surface area (Å²) in [5, 5.41) is 0. The summed E-state index contributed by atoms with van der Waals surface area (Å²) >= 11 is 0. The standard InChI is InChI=1S/C44H76N4O12/c1-13-17-21-25-33-37(49)45(9)30(6)42(54)58-35(27-23-19-15-3)39(51)47(11)32(8)44(56)60-36(28-24-20-16-4)40(52)48(12)31(7)43(55)59-34(26-22-18-14-2)38(50)46(10)29(5)41(53)57-33/h29-36H,13-28H2,1-12H3/t29-,30-,31-,32-,33+,34+,35?,36?/m1/s1. The average Bonchev–Trinajstić information content (AvgIpc) is 3.23. The molecule has 16 nitrogen and oxygen atoms in total. The molecule has 1 saturated heterocycles. The number of cyclic esters (lactones) is 4. The maximum Gasteiger partial charge on any atom is 0.329 e. The molecule has 0 N–H and O–H groups in total. The fraction of sp³-hybridized carbons (Fsp3) is 0.818. The molecule has 0 aromatic rings. The summed E-state index contributed by atoms with van der Waals surface area (Å²) < 4.78 is 23.1. The predicted molar refractivity (Wildman–Crippen MR) is 225 cm³/mol. The van der Waals surface area contributed by atoms with Crippen molar-refractivity contribution in [3.05, 3.63) is 0 Å². The highest BCUT2D eigenvalue weighted by atomic mass is 16.6. The van der Waals surface area contributed by atoms with Gasteiger partial charge in [0.25, 0.3) is 23.6 Å². The summed E-state index contributed by atoms with van der Waals surface area (Å²) in [5.74, 6) is -6.19. The first-order chi connectivity index (χ1) is 28.3. The predicted octanol–water partition coefficient (Wildman–Crippen LogP) is 5.36. The third-order valence-corrected chi connectivity index (χ3v) is 11.5. The van der Waals surface area contributed by atoms with Crippen molar-refractivity contribution in [2.45, 2.75) is 207 Å². The van der Waals surface area contributed by atoms with Crippen molar-refractivity contribution in [1.29, 1.82) is 0 Å². The zero-order valence-corrected chi connectivity index (χ0v) is 38.6. The first-order valence-electron chi connectivity index (χ1n) is 22.2. The van der Waals surface area contributed by atoms with Gasteiger partial charge in [0.1, 0.15) is 24.2 Å². The number of rotatable bonds is 16. The van der Waals surface area contributed by atoms with Crippen LogP contribution in [0.5, 0.6) is 0 Å². The first kappa shape index (κ1) is 53.8. The van der Waals surface area contributed by atoms with Crippen LogP contribution in [-0.4, -0.2) is 144 Å². The molecule has 0 aliphatic carbocycles. The van der Waals surface area contributed by atoms with Crippen molar-refractivity contribution in [1.82, 2.24) is 19.6 Å². The molecule has 0 saturated carbocycles. The largest absolute Gasteiger partial charge is 0.451 e. The Kier molecular flexibility index (Phi) is 24.7. The summed E-state index contributed by atoms with van der Waals surface area (Å²) in [6, 6.07) is -4.84. The van der Waals surface area contributed by atoms with Crippen LogP contribution in [0.3, 0.4) is 0 Å². The fourth-order valence-corrected chi connectivity index (χ4v) is 6.51. The number of ether oxygens (including phenoxy) is 4. The van der Waals surface area contributed by atoms with Gasteiger partial charge in [-0.25, -0.2) is 19.2 Å². The van der Waals surface area contributed by atoms with Crippen LogP contribution in [0.2, 0.25) is 0 Å². The van der Waals surface area contributed by atoms with Crippen molar-refractivity contribution in [3.63, 3.8) is 0 Å². The number of amides is 4. The second-order valence-corrected chi connectivity index (χ2v) is 16.2. The van der Waals surface area contributed by atoms with E-state index in [9.17, 15) is 38.4 Å². The lowest BCUT2D eigenvalue weighted by Gasteiger charge is -2.33. The van der Waals surface area contributed by atoms with Gasteiger partial charge in [0.15, 0.2) is 24.4 Å². The molecule has 1 rings (SSSR count). The molecule has 0 radical (unpaired) electrons. The maximum atomic E-state index is 14.0. The number of carbonyl (C=O) groups excluding carboxylic acids is 8. The van der Waals surface area contributed by atoms with Crippen molar-refractivity contribution < 1.29 is 57.3 Å². The second kappa shape index (κ2) is 27.6. The number of unbranched alkanes of at least 4 members (excludes halogenated alkanes) is 8. The molecule has 16 heteroatoms. The Bertz CT molecular complexity index is 1220. The van der Waals surface area contributed by atoms with Crippen LogP contribution < -0.4 is 0 Å². The van der Waals surface area contributed by atoms with E-state index >= 15 is 0 Å². The number of hydrogen-bond acceptors (Lipinski definition) is 12. The van der Waals surface area contributed by atoms with Gasteiger partial charge in [-0.15, -0.1) is 0 Å². The van der Waals surface area contributed by atoms with Crippen LogP contribution in [0, 0.1) is 0 Å². The van der Waals surface area contributed by atoms with Gasteiger partial charge < -0.3 is 38.5 Å². The van der Waals surface area contributed by atoms with Crippen molar-refractivity contribution >= 4 is 47.5 Å². The summed E-state index contributed by atoms with van der Waals surface area (Å²) in [5.41, 5.74) is 0. The highest BCUT2D eigenvalue weighted by Gasteiger charge is 2.40. The molecule has 60 heavy (non-hydrogen) atoms. The van der Waals surface area contributed by atoms with Crippen LogP contribution in [0.1, 0.15) is 158 Å². The number of likely N-dealkylation sites (N-methyl/N-ethyl adjacent to an activating group) is 4. The number of carbonyl (C=O) groups is 8. The topological polar surface area (TPSA) is 186 Å². The Balaban J connectivity index is 3.81. The molecular weight excluding hydrogens is 776 g/mol. The minimum atomic E-state index is -1.31. The monoisotopic (exact) mass is 853 g/mol. The third kappa shape index (κ3) is 16.3. The number of nitrogens with zero attached hydrogens (tertiary/aromatic N) is 4. The van der Waals surface area contributed by atoms with E-state index in [0.29, 0.717) is 25.7 Å². The van der Waals surface area contributed by atoms with Gasteiger partial charge in [-0.1, -0.05) is 79.1 Å². The SMILES string of the molecule is CCCCCC1OC(=O)[C@@H](C)N(C)C(=O)C(CCCCC)OC(=O)[C@@H](C)N(C)C(=O)[C@H](CCCCC)OC(=O)[C@@H](C)N(C)C(=O)[C@H](CCCCC)OC(=O)[C@@H](C)N(C)C1=O. The van der Waals surface area contributed by atoms with Crippen LogP contribution >= 0.6 is 0 Å². The molecule has 0 bridgehead atoms. The van der Waals surface area contributed by atoms with Crippen LogP contribution in [0.15, 0.2) is 0 Å². The molecule has 4 amide bonds. The van der Waals surface area contributed by atoms with Crippen molar-refractivity contribution in [3.8, 4) is 0 Å². The third-order valence-electron chi connectivity index (χ3n) is 11.5. The van der Waals surface area contributed by atoms with Gasteiger partial charge in [-0.05, 0) is 79.1 Å². The van der Waals surface area contributed by atoms with E-state index in [1.165, 1.54) is 55.9 Å².